The van der Waals surface area contributed by atoms with Gasteiger partial charge in [-0.05, 0) is 45.6 Å². The highest BCUT2D eigenvalue weighted by molar-refractivity contribution is 5.92. The van der Waals surface area contributed by atoms with Gasteiger partial charge in [0, 0.05) is 20.2 Å². The standard InChI is InChI=1S/C11H14N4O2.C7H8.C6H14.C4H11N.C2H6/c1-9(16)11(12)8-14(2)15(13-17)10-6-4-3-5-7-10;1-7-5-3-2-4-6-7;1-4-6(3)5-2;1-4-5(2)3;1-2/h3-8H,12H2,1-2H3;2-6H,1H3;6H,4-5H2,1-3H3;4H2,1-3H3;1-2H3/b11-8-;;;;. The van der Waals surface area contributed by atoms with E-state index in [-0.39, 0.29) is 11.5 Å². The minimum atomic E-state index is -0.268. The number of hydrazine groups is 1. The second-order valence-electron chi connectivity index (χ2n) is 8.39. The number of rotatable bonds is 8. The van der Waals surface area contributed by atoms with Crippen LogP contribution in [0.5, 0.6) is 0 Å². The minimum absolute atomic E-state index is 0.0529. The van der Waals surface area contributed by atoms with Crippen LogP contribution in [0.1, 0.15) is 66.9 Å². The maximum absolute atomic E-state index is 11.0. The fourth-order valence-electron chi connectivity index (χ4n) is 2.02. The number of nitrogens with zero attached hydrogens (tertiary/aromatic N) is 4. The summed E-state index contributed by atoms with van der Waals surface area (Å²) in [7, 11) is 5.68. The second kappa shape index (κ2) is 25.9. The van der Waals surface area contributed by atoms with Crippen LogP contribution in [0.25, 0.3) is 0 Å². The maximum atomic E-state index is 11.0. The van der Waals surface area contributed by atoms with E-state index in [1.54, 1.807) is 31.3 Å². The molecule has 2 rings (SSSR count). The van der Waals surface area contributed by atoms with Crippen molar-refractivity contribution in [3.8, 4) is 0 Å². The average molecular weight is 516 g/mol. The zero-order chi connectivity index (χ0) is 29.2. The van der Waals surface area contributed by atoms with E-state index in [1.807, 2.05) is 38.1 Å². The molecule has 2 N–H and O–H groups in total. The molecule has 7 heteroatoms. The van der Waals surface area contributed by atoms with E-state index in [0.717, 1.165) is 17.6 Å². The van der Waals surface area contributed by atoms with Crippen LogP contribution >= 0.6 is 0 Å². The summed E-state index contributed by atoms with van der Waals surface area (Å²) in [5, 5.41) is 5.31. The van der Waals surface area contributed by atoms with E-state index >= 15 is 0 Å². The summed E-state index contributed by atoms with van der Waals surface area (Å²) < 4.78 is 0. The lowest BCUT2D eigenvalue weighted by molar-refractivity contribution is -0.113. The first-order valence-corrected chi connectivity index (χ1v) is 13.1. The smallest absolute Gasteiger partial charge is 0.176 e. The van der Waals surface area contributed by atoms with Gasteiger partial charge in [0.05, 0.1) is 16.7 Å². The first-order valence-electron chi connectivity index (χ1n) is 13.1. The van der Waals surface area contributed by atoms with Crippen LogP contribution in [0.2, 0.25) is 0 Å². The Kier molecular flexibility index (Phi) is 26.8. The van der Waals surface area contributed by atoms with Crippen molar-refractivity contribution in [2.24, 2.45) is 16.9 Å². The van der Waals surface area contributed by atoms with Gasteiger partial charge in [0.1, 0.15) is 0 Å². The normalized spacial score (nSPS) is 9.70. The molecule has 0 fully saturated rings. The van der Waals surface area contributed by atoms with Crippen molar-refractivity contribution in [3.63, 3.8) is 0 Å². The van der Waals surface area contributed by atoms with Crippen molar-refractivity contribution in [1.29, 1.82) is 0 Å². The Morgan fingerprint density at radius 3 is 1.57 bits per heavy atom. The summed E-state index contributed by atoms with van der Waals surface area (Å²) in [4.78, 5) is 23.9. The third kappa shape index (κ3) is 23.0. The lowest BCUT2D eigenvalue weighted by Crippen LogP contribution is -2.32. The SMILES string of the molecule is CC.CC(=O)/C(N)=C/N(C)N(N=O)c1ccccc1.CCC(C)CC.CCN(C)C.Cc1ccccc1. The summed E-state index contributed by atoms with van der Waals surface area (Å²) in [6.07, 6.45) is 4.00. The highest BCUT2D eigenvalue weighted by Crippen LogP contribution is 2.15. The Bertz CT molecular complexity index is 807. The Morgan fingerprint density at radius 1 is 0.919 bits per heavy atom. The quantitative estimate of drug-likeness (QED) is 0.223. The predicted molar refractivity (Wildman–Crippen MR) is 162 cm³/mol. The van der Waals surface area contributed by atoms with E-state index in [1.165, 1.54) is 36.5 Å². The lowest BCUT2D eigenvalue weighted by Gasteiger charge is -2.24. The number of carbonyl (C=O) groups is 1. The van der Waals surface area contributed by atoms with Gasteiger partial charge in [-0.3, -0.25) is 9.80 Å². The number of para-hydroxylation sites is 1. The van der Waals surface area contributed by atoms with Crippen LogP contribution < -0.4 is 10.9 Å². The molecule has 37 heavy (non-hydrogen) atoms. The van der Waals surface area contributed by atoms with Crippen molar-refractivity contribution in [2.45, 2.75) is 68.2 Å². The van der Waals surface area contributed by atoms with Crippen LogP contribution in [-0.2, 0) is 4.79 Å². The second-order valence-corrected chi connectivity index (χ2v) is 8.39. The van der Waals surface area contributed by atoms with E-state index in [2.05, 4.69) is 71.0 Å². The minimum Gasteiger partial charge on any atom is -0.395 e. The van der Waals surface area contributed by atoms with E-state index in [4.69, 9.17) is 5.73 Å². The molecule has 0 saturated heterocycles. The zero-order valence-electron chi connectivity index (χ0n) is 25.2. The molecule has 0 amide bonds. The largest absolute Gasteiger partial charge is 0.395 e. The number of Topliss-reactive ketones (excluding diaryl/α,β-unsaturated/α-hetero) is 1. The van der Waals surface area contributed by atoms with Gasteiger partial charge in [0.15, 0.2) is 5.78 Å². The number of carbonyl (C=O) groups excluding carboxylic acids is 1. The Hall–Kier alpha value is -3.19. The molecule has 210 valence electrons. The summed E-state index contributed by atoms with van der Waals surface area (Å²) in [6.45, 7) is 17.4. The van der Waals surface area contributed by atoms with E-state index < -0.39 is 0 Å². The molecule has 0 unspecified atom stereocenters. The summed E-state index contributed by atoms with van der Waals surface area (Å²) in [5.41, 5.74) is 7.44. The number of hydrogen-bond acceptors (Lipinski definition) is 6. The maximum Gasteiger partial charge on any atom is 0.176 e. The Morgan fingerprint density at radius 2 is 1.32 bits per heavy atom. The third-order valence-electron chi connectivity index (χ3n) is 5.06. The van der Waals surface area contributed by atoms with E-state index in [0.29, 0.717) is 5.69 Å². The highest BCUT2D eigenvalue weighted by atomic mass is 16.3. The summed E-state index contributed by atoms with van der Waals surface area (Å²) in [6, 6.07) is 19.1. The number of allylic oxidation sites excluding steroid dienone is 1. The molecule has 0 atom stereocenters. The van der Waals surface area contributed by atoms with Crippen LogP contribution in [0.4, 0.5) is 5.69 Å². The van der Waals surface area contributed by atoms with Crippen molar-refractivity contribution >= 4 is 11.5 Å². The number of ketones is 1. The van der Waals surface area contributed by atoms with Crippen LogP contribution in [0.3, 0.4) is 0 Å². The Balaban J connectivity index is -0.000000475. The van der Waals surface area contributed by atoms with Gasteiger partial charge in [0.25, 0.3) is 0 Å². The zero-order valence-corrected chi connectivity index (χ0v) is 25.2. The first-order chi connectivity index (χ1) is 17.5. The first kappa shape index (κ1) is 38.3. The molecule has 0 bridgehead atoms. The van der Waals surface area contributed by atoms with Gasteiger partial charge in [-0.2, -0.15) is 0 Å². The number of nitroso groups, excluding NO2 is 1. The van der Waals surface area contributed by atoms with Gasteiger partial charge in [-0.25, -0.2) is 0 Å². The van der Waals surface area contributed by atoms with Crippen molar-refractivity contribution in [3.05, 3.63) is 83.0 Å². The average Bonchev–Trinajstić information content (AvgIpc) is 2.91. The predicted octanol–water partition coefficient (Wildman–Crippen LogP) is 7.44. The molecule has 7 nitrogen and oxygen atoms in total. The monoisotopic (exact) mass is 515 g/mol. The molecule has 0 aliphatic heterocycles. The molecule has 2 aromatic carbocycles. The fourth-order valence-corrected chi connectivity index (χ4v) is 2.02. The van der Waals surface area contributed by atoms with E-state index in [9.17, 15) is 9.70 Å². The molecular weight excluding hydrogens is 462 g/mol. The topological polar surface area (TPSA) is 82.2 Å². The number of nitrogens with two attached hydrogens (primary N) is 1. The van der Waals surface area contributed by atoms with Gasteiger partial charge in [-0.1, -0.05) is 108 Å². The van der Waals surface area contributed by atoms with Gasteiger partial charge in [0.2, 0.25) is 0 Å². The summed E-state index contributed by atoms with van der Waals surface area (Å²) in [5.74, 6) is 0.667. The van der Waals surface area contributed by atoms with Gasteiger partial charge >= 0.3 is 0 Å². The number of hydrogen-bond donors (Lipinski definition) is 1. The van der Waals surface area contributed by atoms with Crippen molar-refractivity contribution in [2.75, 3.05) is 32.8 Å². The van der Waals surface area contributed by atoms with Crippen LogP contribution in [0.15, 0.2) is 77.8 Å². The summed E-state index contributed by atoms with van der Waals surface area (Å²) >= 11 is 0. The van der Waals surface area contributed by atoms with Crippen molar-refractivity contribution in [1.82, 2.24) is 9.91 Å². The third-order valence-corrected chi connectivity index (χ3v) is 5.06. The van der Waals surface area contributed by atoms with Crippen molar-refractivity contribution < 1.29 is 4.79 Å². The lowest BCUT2D eigenvalue weighted by atomic mass is 10.1. The van der Waals surface area contributed by atoms with Crippen LogP contribution in [-0.4, -0.2) is 43.4 Å². The van der Waals surface area contributed by atoms with Gasteiger partial charge < -0.3 is 10.6 Å². The van der Waals surface area contributed by atoms with Crippen LogP contribution in [0, 0.1) is 17.7 Å². The molecule has 0 saturated carbocycles. The molecule has 0 radical (unpaired) electrons. The molecule has 0 aliphatic rings. The number of anilines is 1. The van der Waals surface area contributed by atoms with Gasteiger partial charge in [-0.15, -0.1) is 10.0 Å². The Labute approximate surface area is 227 Å². The number of benzene rings is 2. The number of aryl methyl sites for hydroxylation is 1. The molecule has 0 aliphatic carbocycles. The molecule has 0 heterocycles. The molecule has 2 aromatic rings. The fraction of sp³-hybridized carbons (Fsp3) is 0.500. The highest BCUT2D eigenvalue weighted by Gasteiger charge is 2.10. The molecule has 0 spiro atoms. The molecule has 0 aromatic heterocycles. The molecular formula is C30H53N5O2.